The topological polar surface area (TPSA) is 157 Å². The summed E-state index contributed by atoms with van der Waals surface area (Å²) < 4.78 is 0. The van der Waals surface area contributed by atoms with Gasteiger partial charge >= 0.3 is 0 Å². The van der Waals surface area contributed by atoms with E-state index in [-0.39, 0.29) is 24.2 Å². The molecule has 4 aromatic rings. The van der Waals surface area contributed by atoms with E-state index in [1.165, 1.54) is 4.90 Å². The van der Waals surface area contributed by atoms with Gasteiger partial charge in [-0.15, -0.1) is 22.6 Å². The van der Waals surface area contributed by atoms with Crippen LogP contribution in [0.5, 0.6) is 0 Å². The number of halogens is 1. The van der Waals surface area contributed by atoms with E-state index < -0.39 is 11.9 Å². The maximum absolute atomic E-state index is 13.8. The van der Waals surface area contributed by atoms with Crippen molar-refractivity contribution in [2.75, 3.05) is 11.4 Å². The van der Waals surface area contributed by atoms with Crippen molar-refractivity contribution in [3.63, 3.8) is 0 Å². The molecule has 2 aromatic carbocycles. The number of nitrogens with zero attached hydrogens (tertiary/aromatic N) is 5. The van der Waals surface area contributed by atoms with Crippen LogP contribution in [0.15, 0.2) is 73.1 Å². The van der Waals surface area contributed by atoms with Gasteiger partial charge in [0.05, 0.1) is 11.7 Å². The highest BCUT2D eigenvalue weighted by Crippen LogP contribution is 2.32. The highest BCUT2D eigenvalue weighted by atomic mass is 35.5. The molecule has 1 aliphatic carbocycles. The van der Waals surface area contributed by atoms with Gasteiger partial charge in [-0.25, -0.2) is 4.90 Å². The van der Waals surface area contributed by atoms with E-state index in [9.17, 15) is 9.59 Å². The van der Waals surface area contributed by atoms with Crippen LogP contribution in [-0.2, 0) is 16.0 Å². The lowest BCUT2D eigenvalue weighted by Crippen LogP contribution is -2.50. The van der Waals surface area contributed by atoms with Crippen LogP contribution in [0.2, 0.25) is 0 Å². The van der Waals surface area contributed by atoms with Crippen LogP contribution in [0.1, 0.15) is 31.2 Å². The van der Waals surface area contributed by atoms with Crippen LogP contribution in [-0.4, -0.2) is 50.0 Å². The Labute approximate surface area is 239 Å². The molecular formula is C29H33ClN8O2. The molecule has 11 heteroatoms. The molecule has 2 amide bonds. The Kier molecular flexibility index (Phi) is 9.70. The first kappa shape index (κ1) is 29.0. The SMILES string of the molecule is Cl.NCC1CCC(C(=O)N(C(=O)[C@@H](N)Cc2ccc(-c3ccncc3)cc2)c2ccc(-c3nn[nH]n3)cc2)CC1. The number of nitrogens with one attached hydrogen (secondary N) is 1. The number of amides is 2. The van der Waals surface area contributed by atoms with Gasteiger partial charge in [-0.3, -0.25) is 14.6 Å². The number of aromatic amines is 1. The van der Waals surface area contributed by atoms with Gasteiger partial charge in [-0.2, -0.15) is 5.21 Å². The third kappa shape index (κ3) is 6.59. The molecule has 0 saturated heterocycles. The van der Waals surface area contributed by atoms with Crippen molar-refractivity contribution in [1.29, 1.82) is 0 Å². The number of nitrogens with two attached hydrogens (primary N) is 2. The number of hydrogen-bond acceptors (Lipinski definition) is 8. The van der Waals surface area contributed by atoms with E-state index in [4.69, 9.17) is 11.5 Å². The molecule has 0 spiro atoms. The first-order valence-corrected chi connectivity index (χ1v) is 13.2. The minimum atomic E-state index is -0.891. The summed E-state index contributed by atoms with van der Waals surface area (Å²) >= 11 is 0. The van der Waals surface area contributed by atoms with Gasteiger partial charge in [-0.05, 0) is 103 Å². The zero-order chi connectivity index (χ0) is 27.2. The molecule has 10 nitrogen and oxygen atoms in total. The molecule has 0 radical (unpaired) electrons. The number of imide groups is 1. The number of H-pyrrole nitrogens is 1. The minimum absolute atomic E-state index is 0. The fourth-order valence-electron chi connectivity index (χ4n) is 5.12. The Morgan fingerprint density at radius 3 is 2.12 bits per heavy atom. The van der Waals surface area contributed by atoms with Gasteiger partial charge in [0, 0.05) is 23.9 Å². The Morgan fingerprint density at radius 2 is 1.52 bits per heavy atom. The van der Waals surface area contributed by atoms with Gasteiger partial charge in [0.2, 0.25) is 11.7 Å². The van der Waals surface area contributed by atoms with E-state index in [0.29, 0.717) is 43.2 Å². The van der Waals surface area contributed by atoms with Gasteiger partial charge in [0.25, 0.3) is 5.91 Å². The number of benzene rings is 2. The summed E-state index contributed by atoms with van der Waals surface area (Å²) in [4.78, 5) is 32.9. The first-order valence-electron chi connectivity index (χ1n) is 13.2. The monoisotopic (exact) mass is 560 g/mol. The number of aromatic nitrogens is 5. The number of rotatable bonds is 8. The van der Waals surface area contributed by atoms with E-state index in [1.807, 2.05) is 36.4 Å². The molecule has 0 unspecified atom stereocenters. The first-order chi connectivity index (χ1) is 19.0. The Bertz CT molecular complexity index is 1370. The molecule has 40 heavy (non-hydrogen) atoms. The molecule has 208 valence electrons. The normalized spacial score (nSPS) is 17.4. The number of pyridine rings is 1. The van der Waals surface area contributed by atoms with Crippen LogP contribution < -0.4 is 16.4 Å². The van der Waals surface area contributed by atoms with Crippen molar-refractivity contribution < 1.29 is 9.59 Å². The third-order valence-corrected chi connectivity index (χ3v) is 7.44. The molecule has 2 aromatic heterocycles. The van der Waals surface area contributed by atoms with Crippen molar-refractivity contribution in [1.82, 2.24) is 25.6 Å². The lowest BCUT2D eigenvalue weighted by atomic mass is 9.81. The molecule has 1 atom stereocenters. The second-order valence-electron chi connectivity index (χ2n) is 9.99. The third-order valence-electron chi connectivity index (χ3n) is 7.44. The molecule has 1 aliphatic rings. The molecule has 5 rings (SSSR count). The van der Waals surface area contributed by atoms with Crippen molar-refractivity contribution in [3.8, 4) is 22.5 Å². The molecule has 2 heterocycles. The molecule has 0 bridgehead atoms. The number of carbonyl (C=O) groups excluding carboxylic acids is 2. The summed E-state index contributed by atoms with van der Waals surface area (Å²) in [5, 5.41) is 14.0. The fourth-order valence-corrected chi connectivity index (χ4v) is 5.12. The Morgan fingerprint density at radius 1 is 0.900 bits per heavy atom. The Hall–Kier alpha value is -3.99. The fraction of sp³-hybridized carbons (Fsp3) is 0.310. The standard InChI is InChI=1S/C29H32N8O2.ClH/c30-18-20-3-7-24(8-4-20)28(38)37(25-11-9-23(10-12-25)27-33-35-36-34-27)29(39)26(31)17-19-1-5-21(6-2-19)22-13-15-32-16-14-22;/h1-2,5-6,9-16,20,24,26H,3-4,7-8,17-18,30-31H2,(H,33,34,35,36);1H/t20?,24?,26-;/m0./s1. The van der Waals surface area contributed by atoms with Gasteiger partial charge in [-0.1, -0.05) is 24.3 Å². The minimum Gasteiger partial charge on any atom is -0.330 e. The largest absolute Gasteiger partial charge is 0.330 e. The quantitative estimate of drug-likeness (QED) is 0.295. The molecule has 0 aliphatic heterocycles. The lowest BCUT2D eigenvalue weighted by molar-refractivity contribution is -0.130. The zero-order valence-corrected chi connectivity index (χ0v) is 22.8. The summed E-state index contributed by atoms with van der Waals surface area (Å²) in [5.74, 6) is -0.0409. The smallest absolute Gasteiger partial charge is 0.251 e. The Balaban J connectivity index is 0.00000370. The maximum Gasteiger partial charge on any atom is 0.251 e. The predicted octanol–water partition coefficient (Wildman–Crippen LogP) is 3.55. The van der Waals surface area contributed by atoms with E-state index >= 15 is 0 Å². The predicted molar refractivity (Wildman–Crippen MR) is 155 cm³/mol. The average molecular weight is 561 g/mol. The average Bonchev–Trinajstić information content (AvgIpc) is 3.54. The molecular weight excluding hydrogens is 528 g/mol. The van der Waals surface area contributed by atoms with Crippen LogP contribution in [0, 0.1) is 11.8 Å². The second-order valence-corrected chi connectivity index (χ2v) is 9.99. The number of anilines is 1. The summed E-state index contributed by atoms with van der Waals surface area (Å²) in [5.41, 5.74) is 16.5. The van der Waals surface area contributed by atoms with E-state index in [1.54, 1.807) is 36.7 Å². The lowest BCUT2D eigenvalue weighted by Gasteiger charge is -2.32. The van der Waals surface area contributed by atoms with Gasteiger partial charge < -0.3 is 11.5 Å². The van der Waals surface area contributed by atoms with Crippen molar-refractivity contribution >= 4 is 29.9 Å². The van der Waals surface area contributed by atoms with Crippen LogP contribution in [0.4, 0.5) is 5.69 Å². The highest BCUT2D eigenvalue weighted by molar-refractivity contribution is 6.17. The van der Waals surface area contributed by atoms with Gasteiger partial charge in [0.1, 0.15) is 0 Å². The number of carbonyl (C=O) groups is 2. The summed E-state index contributed by atoms with van der Waals surface area (Å²) in [6.07, 6.45) is 6.97. The molecule has 1 fully saturated rings. The highest BCUT2D eigenvalue weighted by Gasteiger charge is 2.35. The van der Waals surface area contributed by atoms with Crippen LogP contribution >= 0.6 is 12.4 Å². The van der Waals surface area contributed by atoms with Crippen molar-refractivity contribution in [3.05, 3.63) is 78.6 Å². The summed E-state index contributed by atoms with van der Waals surface area (Å²) in [7, 11) is 0. The van der Waals surface area contributed by atoms with E-state index in [0.717, 1.165) is 35.1 Å². The zero-order valence-electron chi connectivity index (χ0n) is 22.0. The number of hydrogen-bond donors (Lipinski definition) is 3. The molecule has 1 saturated carbocycles. The summed E-state index contributed by atoms with van der Waals surface area (Å²) in [6, 6.07) is 17.9. The maximum atomic E-state index is 13.8. The summed E-state index contributed by atoms with van der Waals surface area (Å²) in [6.45, 7) is 0.617. The number of tetrazole rings is 1. The van der Waals surface area contributed by atoms with E-state index in [2.05, 4.69) is 25.6 Å². The van der Waals surface area contributed by atoms with Gasteiger partial charge in [0.15, 0.2) is 0 Å². The van der Waals surface area contributed by atoms with Crippen LogP contribution in [0.3, 0.4) is 0 Å². The second kappa shape index (κ2) is 13.4. The van der Waals surface area contributed by atoms with Crippen molar-refractivity contribution in [2.45, 2.75) is 38.1 Å². The molecule has 5 N–H and O–H groups in total. The van der Waals surface area contributed by atoms with Crippen LogP contribution in [0.25, 0.3) is 22.5 Å². The van der Waals surface area contributed by atoms with Crippen molar-refractivity contribution in [2.24, 2.45) is 23.3 Å².